The van der Waals surface area contributed by atoms with Gasteiger partial charge in [0.15, 0.2) is 0 Å². The Balaban J connectivity index is 1.93. The van der Waals surface area contributed by atoms with E-state index >= 15 is 0 Å². The predicted molar refractivity (Wildman–Crippen MR) is 92.7 cm³/mol. The summed E-state index contributed by atoms with van der Waals surface area (Å²) >= 11 is 4.58. The molecule has 0 bridgehead atoms. The number of alkyl halides is 1. The number of ether oxygens (including phenoxy) is 1. The summed E-state index contributed by atoms with van der Waals surface area (Å²) in [5.74, 6) is -0.558. The average molecular weight is 400 g/mol. The molecule has 0 atom stereocenters. The molecule has 0 saturated carbocycles. The number of hydrogen-bond donors (Lipinski definition) is 1. The first-order valence-corrected chi connectivity index (χ1v) is 8.86. The molecule has 0 aliphatic rings. The molecular formula is C15H15BrFN3O2S. The number of aromatic nitrogens is 1. The summed E-state index contributed by atoms with van der Waals surface area (Å²) in [6, 6.07) is 4.75. The van der Waals surface area contributed by atoms with E-state index in [9.17, 15) is 9.18 Å². The van der Waals surface area contributed by atoms with Crippen molar-refractivity contribution in [3.63, 3.8) is 0 Å². The largest absolute Gasteiger partial charge is 0.466 e. The Labute approximate surface area is 145 Å². The number of thiazole rings is 1. The standard InChI is InChI=1S/C15H15BrFN3O2S/c1-2-22-14(21)6-12-9-23-15(19-12)20-18-8-10-3-4-13(17)11(5-10)7-16/h3-5,8-9H,2,6-7H2,1H3,(H,19,20). The van der Waals surface area contributed by atoms with Crippen molar-refractivity contribution in [2.75, 3.05) is 12.0 Å². The third kappa shape index (κ3) is 5.40. The number of benzene rings is 1. The van der Waals surface area contributed by atoms with E-state index in [1.165, 1.54) is 17.4 Å². The lowest BCUT2D eigenvalue weighted by atomic mass is 10.1. The van der Waals surface area contributed by atoms with E-state index in [0.29, 0.717) is 28.3 Å². The Hall–Kier alpha value is -1.80. The number of nitrogens with one attached hydrogen (secondary N) is 1. The van der Waals surface area contributed by atoms with Crippen molar-refractivity contribution in [2.24, 2.45) is 5.10 Å². The van der Waals surface area contributed by atoms with Crippen LogP contribution in [0.3, 0.4) is 0 Å². The quantitative estimate of drug-likeness (QED) is 0.333. The lowest BCUT2D eigenvalue weighted by molar-refractivity contribution is -0.142. The van der Waals surface area contributed by atoms with Gasteiger partial charge in [-0.1, -0.05) is 22.0 Å². The third-order valence-corrected chi connectivity index (χ3v) is 4.17. The molecule has 0 saturated heterocycles. The third-order valence-electron chi connectivity index (χ3n) is 2.77. The zero-order chi connectivity index (χ0) is 16.7. The van der Waals surface area contributed by atoms with E-state index in [4.69, 9.17) is 4.74 Å². The number of halogens is 2. The van der Waals surface area contributed by atoms with Gasteiger partial charge >= 0.3 is 5.97 Å². The minimum atomic E-state index is -0.304. The molecule has 0 fully saturated rings. The normalized spacial score (nSPS) is 10.9. The molecule has 1 N–H and O–H groups in total. The van der Waals surface area contributed by atoms with Crippen LogP contribution >= 0.6 is 27.3 Å². The number of rotatable bonds is 7. The summed E-state index contributed by atoms with van der Waals surface area (Å²) in [6.45, 7) is 2.11. The molecule has 2 aromatic rings. The maximum Gasteiger partial charge on any atom is 0.311 e. The fourth-order valence-electron chi connectivity index (χ4n) is 1.74. The van der Waals surface area contributed by atoms with Gasteiger partial charge in [0.2, 0.25) is 5.13 Å². The fourth-order valence-corrected chi connectivity index (χ4v) is 2.83. The van der Waals surface area contributed by atoms with Gasteiger partial charge in [0.1, 0.15) is 5.82 Å². The molecular weight excluding hydrogens is 385 g/mol. The fraction of sp³-hybridized carbons (Fsp3) is 0.267. The van der Waals surface area contributed by atoms with E-state index in [1.807, 2.05) is 0 Å². The second-order valence-electron chi connectivity index (χ2n) is 4.48. The molecule has 0 aliphatic heterocycles. The number of nitrogens with zero attached hydrogens (tertiary/aromatic N) is 2. The zero-order valence-electron chi connectivity index (χ0n) is 12.4. The Morgan fingerprint density at radius 1 is 1.57 bits per heavy atom. The first-order chi connectivity index (χ1) is 11.1. The molecule has 0 unspecified atom stereocenters. The van der Waals surface area contributed by atoms with Crippen LogP contribution in [0.5, 0.6) is 0 Å². The summed E-state index contributed by atoms with van der Waals surface area (Å²) in [5.41, 5.74) is 4.77. The van der Waals surface area contributed by atoms with E-state index in [2.05, 4.69) is 31.4 Å². The predicted octanol–water partition coefficient (Wildman–Crippen LogP) is 3.73. The first kappa shape index (κ1) is 17.6. The van der Waals surface area contributed by atoms with Crippen molar-refractivity contribution in [3.05, 3.63) is 46.2 Å². The summed E-state index contributed by atoms with van der Waals surface area (Å²) < 4.78 is 18.2. The van der Waals surface area contributed by atoms with Crippen LogP contribution in [-0.2, 0) is 21.3 Å². The lowest BCUT2D eigenvalue weighted by Crippen LogP contribution is -2.07. The second-order valence-corrected chi connectivity index (χ2v) is 5.90. The molecule has 122 valence electrons. The number of esters is 1. The summed E-state index contributed by atoms with van der Waals surface area (Å²) in [5, 5.41) is 6.85. The molecule has 0 aliphatic carbocycles. The molecule has 1 aromatic carbocycles. The monoisotopic (exact) mass is 399 g/mol. The van der Waals surface area contributed by atoms with Gasteiger partial charge in [-0.25, -0.2) is 9.37 Å². The summed E-state index contributed by atoms with van der Waals surface area (Å²) in [4.78, 5) is 15.6. The van der Waals surface area contributed by atoms with Gasteiger partial charge in [-0.05, 0) is 30.2 Å². The highest BCUT2D eigenvalue weighted by molar-refractivity contribution is 9.08. The van der Waals surface area contributed by atoms with Crippen LogP contribution in [0, 0.1) is 5.82 Å². The SMILES string of the molecule is CCOC(=O)Cc1csc(NN=Cc2ccc(F)c(CBr)c2)n1. The smallest absolute Gasteiger partial charge is 0.311 e. The molecule has 1 aromatic heterocycles. The lowest BCUT2D eigenvalue weighted by Gasteiger charge is -2.00. The van der Waals surface area contributed by atoms with Gasteiger partial charge < -0.3 is 4.74 Å². The molecule has 1 heterocycles. The van der Waals surface area contributed by atoms with Crippen LogP contribution in [0.15, 0.2) is 28.7 Å². The first-order valence-electron chi connectivity index (χ1n) is 6.86. The molecule has 0 spiro atoms. The van der Waals surface area contributed by atoms with Gasteiger partial charge in [-0.15, -0.1) is 11.3 Å². The van der Waals surface area contributed by atoms with Gasteiger partial charge in [0.05, 0.1) is 24.9 Å². The molecule has 23 heavy (non-hydrogen) atoms. The highest BCUT2D eigenvalue weighted by atomic mass is 79.9. The van der Waals surface area contributed by atoms with E-state index < -0.39 is 0 Å². The van der Waals surface area contributed by atoms with Crippen LogP contribution in [0.4, 0.5) is 9.52 Å². The van der Waals surface area contributed by atoms with Crippen molar-refractivity contribution in [2.45, 2.75) is 18.7 Å². The maximum absolute atomic E-state index is 13.4. The number of anilines is 1. The molecule has 5 nitrogen and oxygen atoms in total. The van der Waals surface area contributed by atoms with Crippen LogP contribution < -0.4 is 5.43 Å². The molecule has 2 rings (SSSR count). The highest BCUT2D eigenvalue weighted by Gasteiger charge is 2.08. The van der Waals surface area contributed by atoms with E-state index in [-0.39, 0.29) is 18.2 Å². The van der Waals surface area contributed by atoms with E-state index in [0.717, 1.165) is 5.56 Å². The van der Waals surface area contributed by atoms with Crippen molar-refractivity contribution >= 4 is 44.6 Å². The minimum absolute atomic E-state index is 0.141. The molecule has 0 radical (unpaired) electrons. The number of hydrazone groups is 1. The second kappa shape index (κ2) is 8.73. The molecule has 8 heteroatoms. The van der Waals surface area contributed by atoms with Crippen LogP contribution in [-0.4, -0.2) is 23.8 Å². The number of carbonyl (C=O) groups excluding carboxylic acids is 1. The van der Waals surface area contributed by atoms with Crippen LogP contribution in [0.25, 0.3) is 0 Å². The summed E-state index contributed by atoms with van der Waals surface area (Å²) in [7, 11) is 0. The highest BCUT2D eigenvalue weighted by Crippen LogP contribution is 2.16. The molecule has 0 amide bonds. The van der Waals surface area contributed by atoms with E-state index in [1.54, 1.807) is 30.7 Å². The van der Waals surface area contributed by atoms with Crippen molar-refractivity contribution in [1.82, 2.24) is 4.98 Å². The number of carbonyl (C=O) groups is 1. The van der Waals surface area contributed by atoms with Crippen LogP contribution in [0.1, 0.15) is 23.7 Å². The van der Waals surface area contributed by atoms with Gasteiger partial charge in [-0.2, -0.15) is 5.10 Å². The van der Waals surface area contributed by atoms with Gasteiger partial charge in [0, 0.05) is 10.7 Å². The Morgan fingerprint density at radius 2 is 2.39 bits per heavy atom. The minimum Gasteiger partial charge on any atom is -0.466 e. The Kier molecular flexibility index (Phi) is 6.66. The maximum atomic E-state index is 13.4. The topological polar surface area (TPSA) is 63.6 Å². The summed E-state index contributed by atoms with van der Waals surface area (Å²) in [6.07, 6.45) is 1.72. The Bertz CT molecular complexity index is 706. The van der Waals surface area contributed by atoms with Gasteiger partial charge in [0.25, 0.3) is 0 Å². The van der Waals surface area contributed by atoms with Gasteiger partial charge in [-0.3, -0.25) is 10.2 Å². The van der Waals surface area contributed by atoms with Crippen LogP contribution in [0.2, 0.25) is 0 Å². The zero-order valence-corrected chi connectivity index (χ0v) is 14.8. The average Bonchev–Trinajstić information content (AvgIpc) is 2.96. The van der Waals surface area contributed by atoms with Crippen molar-refractivity contribution < 1.29 is 13.9 Å². The van der Waals surface area contributed by atoms with Crippen molar-refractivity contribution in [3.8, 4) is 0 Å². The Morgan fingerprint density at radius 3 is 3.13 bits per heavy atom. The van der Waals surface area contributed by atoms with Crippen molar-refractivity contribution in [1.29, 1.82) is 0 Å². The number of hydrogen-bond acceptors (Lipinski definition) is 6.